The second-order valence-corrected chi connectivity index (χ2v) is 8.22. The zero-order valence-electron chi connectivity index (χ0n) is 16.5. The molecule has 0 amide bonds. The first kappa shape index (κ1) is 16.9. The van der Waals surface area contributed by atoms with E-state index in [9.17, 15) is 0 Å². The summed E-state index contributed by atoms with van der Waals surface area (Å²) in [7, 11) is 0. The summed E-state index contributed by atoms with van der Waals surface area (Å²) in [5.74, 6) is 0. The van der Waals surface area contributed by atoms with Crippen LogP contribution in [-0.2, 0) is 5.41 Å². The third kappa shape index (κ3) is 2.36. The van der Waals surface area contributed by atoms with Crippen molar-refractivity contribution in [1.82, 2.24) is 0 Å². The summed E-state index contributed by atoms with van der Waals surface area (Å²) in [6, 6.07) is 26.6. The summed E-state index contributed by atoms with van der Waals surface area (Å²) in [4.78, 5) is 0. The van der Waals surface area contributed by atoms with E-state index in [4.69, 9.17) is 5.41 Å². The minimum atomic E-state index is -0.374. The van der Waals surface area contributed by atoms with E-state index in [0.29, 0.717) is 0 Å². The largest absolute Gasteiger partial charge is 0.312 e. The average molecular weight is 361 g/mol. The van der Waals surface area contributed by atoms with Gasteiger partial charge in [0, 0.05) is 6.21 Å². The van der Waals surface area contributed by atoms with E-state index in [2.05, 4.69) is 93.6 Å². The molecule has 1 heteroatoms. The Morgan fingerprint density at radius 1 is 0.643 bits per heavy atom. The summed E-state index contributed by atoms with van der Waals surface area (Å²) in [6.07, 6.45) is 1.60. The lowest BCUT2D eigenvalue weighted by Gasteiger charge is -2.22. The third-order valence-electron chi connectivity index (χ3n) is 6.22. The minimum absolute atomic E-state index is 0.374. The Bertz CT molecular complexity index is 1260. The topological polar surface area (TPSA) is 23.9 Å². The molecule has 4 aromatic rings. The van der Waals surface area contributed by atoms with E-state index in [1.165, 1.54) is 55.3 Å². The van der Waals surface area contributed by atoms with E-state index in [1.54, 1.807) is 6.21 Å². The second kappa shape index (κ2) is 5.90. The lowest BCUT2D eigenvalue weighted by atomic mass is 9.80. The van der Waals surface area contributed by atoms with Gasteiger partial charge >= 0.3 is 0 Å². The van der Waals surface area contributed by atoms with Crippen LogP contribution in [0.5, 0.6) is 0 Å². The first-order valence-electron chi connectivity index (χ1n) is 9.78. The van der Waals surface area contributed by atoms with E-state index in [1.807, 2.05) is 0 Å². The Labute approximate surface area is 166 Å². The number of fused-ring (bicyclic) bond motifs is 4. The molecule has 0 bridgehead atoms. The van der Waals surface area contributed by atoms with Crippen molar-refractivity contribution >= 4 is 17.0 Å². The lowest BCUT2D eigenvalue weighted by molar-refractivity contribution is 0.811. The molecule has 28 heavy (non-hydrogen) atoms. The van der Waals surface area contributed by atoms with Gasteiger partial charge in [0.2, 0.25) is 0 Å². The Hall–Kier alpha value is -3.19. The van der Waals surface area contributed by atoms with Crippen LogP contribution in [0.25, 0.3) is 33.0 Å². The molecule has 0 aliphatic heterocycles. The summed E-state index contributed by atoms with van der Waals surface area (Å²) in [5.41, 5.74) is 9.55. The van der Waals surface area contributed by atoms with E-state index >= 15 is 0 Å². The van der Waals surface area contributed by atoms with Crippen LogP contribution in [0.4, 0.5) is 0 Å². The van der Waals surface area contributed by atoms with Gasteiger partial charge < -0.3 is 5.41 Å². The van der Waals surface area contributed by atoms with Crippen LogP contribution >= 0.6 is 0 Å². The number of nitrogens with one attached hydrogen (secondary N) is 1. The van der Waals surface area contributed by atoms with Gasteiger partial charge in [-0.05, 0) is 77.1 Å². The molecular weight excluding hydrogens is 338 g/mol. The third-order valence-corrected chi connectivity index (χ3v) is 6.22. The number of benzene rings is 4. The monoisotopic (exact) mass is 361 g/mol. The number of hydrogen-bond acceptors (Lipinski definition) is 1. The molecule has 1 N–H and O–H groups in total. The normalized spacial score (nSPS) is 17.4. The highest BCUT2D eigenvalue weighted by Crippen LogP contribution is 2.49. The van der Waals surface area contributed by atoms with E-state index in [0.717, 1.165) is 0 Å². The second-order valence-electron chi connectivity index (χ2n) is 8.22. The van der Waals surface area contributed by atoms with Crippen molar-refractivity contribution in [3.8, 4) is 22.3 Å². The lowest BCUT2D eigenvalue weighted by Crippen LogP contribution is -2.22. The Balaban J connectivity index is 1.69. The molecule has 1 nitrogen and oxygen atoms in total. The van der Waals surface area contributed by atoms with Crippen LogP contribution in [0.3, 0.4) is 0 Å². The number of aryl methyl sites for hydroxylation is 2. The molecule has 4 aromatic carbocycles. The van der Waals surface area contributed by atoms with Gasteiger partial charge in [-0.25, -0.2) is 0 Å². The van der Waals surface area contributed by atoms with Gasteiger partial charge in [0.25, 0.3) is 0 Å². The van der Waals surface area contributed by atoms with Crippen LogP contribution in [0.1, 0.15) is 29.2 Å². The molecule has 1 atom stereocenters. The zero-order valence-corrected chi connectivity index (χ0v) is 16.5. The molecule has 0 saturated carbocycles. The quantitative estimate of drug-likeness (QED) is 0.370. The van der Waals surface area contributed by atoms with Crippen LogP contribution < -0.4 is 0 Å². The molecule has 0 heterocycles. The fraction of sp³-hybridized carbons (Fsp3) is 0.148. The van der Waals surface area contributed by atoms with Gasteiger partial charge in [-0.1, -0.05) is 71.8 Å². The summed E-state index contributed by atoms with van der Waals surface area (Å²) in [6.45, 7) is 6.42. The van der Waals surface area contributed by atoms with Gasteiger partial charge in [-0.15, -0.1) is 0 Å². The fourth-order valence-corrected chi connectivity index (χ4v) is 4.56. The van der Waals surface area contributed by atoms with Crippen LogP contribution in [0.15, 0.2) is 72.8 Å². The molecular formula is C27H23N. The first-order valence-corrected chi connectivity index (χ1v) is 9.78. The number of rotatable bonds is 2. The Kier molecular flexibility index (Phi) is 3.57. The van der Waals surface area contributed by atoms with Crippen molar-refractivity contribution in [2.24, 2.45) is 0 Å². The van der Waals surface area contributed by atoms with Gasteiger partial charge in [-0.3, -0.25) is 0 Å². The van der Waals surface area contributed by atoms with Crippen molar-refractivity contribution < 1.29 is 0 Å². The predicted molar refractivity (Wildman–Crippen MR) is 120 cm³/mol. The summed E-state index contributed by atoms with van der Waals surface area (Å²) in [5, 5.41) is 10.7. The van der Waals surface area contributed by atoms with Crippen molar-refractivity contribution in [2.45, 2.75) is 26.2 Å². The molecule has 0 radical (unpaired) electrons. The summed E-state index contributed by atoms with van der Waals surface area (Å²) < 4.78 is 0. The van der Waals surface area contributed by atoms with Crippen LogP contribution in [0, 0.1) is 19.3 Å². The molecule has 0 saturated heterocycles. The van der Waals surface area contributed by atoms with Crippen molar-refractivity contribution in [3.63, 3.8) is 0 Å². The van der Waals surface area contributed by atoms with Crippen molar-refractivity contribution in [1.29, 1.82) is 5.41 Å². The molecule has 136 valence electrons. The molecule has 1 aliphatic rings. The van der Waals surface area contributed by atoms with Crippen molar-refractivity contribution in [2.75, 3.05) is 0 Å². The molecule has 1 unspecified atom stereocenters. The maximum Gasteiger partial charge on any atom is 0.0531 e. The van der Waals surface area contributed by atoms with Gasteiger partial charge in [0.1, 0.15) is 0 Å². The molecule has 0 fully saturated rings. The highest BCUT2D eigenvalue weighted by Gasteiger charge is 2.38. The van der Waals surface area contributed by atoms with Gasteiger partial charge in [-0.2, -0.15) is 0 Å². The maximum absolute atomic E-state index is 8.21. The fourth-order valence-electron chi connectivity index (χ4n) is 4.56. The van der Waals surface area contributed by atoms with Gasteiger partial charge in [0.15, 0.2) is 0 Å². The SMILES string of the molecule is Cc1ccc2c(c1)C(C)(C=N)c1cc(-c3ccc4cc(C)ccc4c3)ccc1-2. The van der Waals surface area contributed by atoms with Crippen LogP contribution in [-0.4, -0.2) is 6.21 Å². The maximum atomic E-state index is 8.21. The van der Waals surface area contributed by atoms with Crippen molar-refractivity contribution in [3.05, 3.63) is 95.1 Å². The van der Waals surface area contributed by atoms with E-state index in [-0.39, 0.29) is 5.41 Å². The standard InChI is InChI=1S/C27H23N/c1-17-4-6-20-14-21(8-7-19(20)12-17)22-9-11-24-23-10-5-18(2)13-25(23)27(3,16-28)26(24)15-22/h4-16,28H,1-3H3. The zero-order chi connectivity index (χ0) is 19.5. The Morgan fingerprint density at radius 3 is 1.96 bits per heavy atom. The molecule has 0 spiro atoms. The predicted octanol–water partition coefficient (Wildman–Crippen LogP) is 7.06. The van der Waals surface area contributed by atoms with Crippen LogP contribution in [0.2, 0.25) is 0 Å². The molecule has 0 aromatic heterocycles. The van der Waals surface area contributed by atoms with E-state index < -0.39 is 0 Å². The highest BCUT2D eigenvalue weighted by atomic mass is 14.5. The minimum Gasteiger partial charge on any atom is -0.312 e. The smallest absolute Gasteiger partial charge is 0.0531 e. The first-order chi connectivity index (χ1) is 13.5. The van der Waals surface area contributed by atoms with Gasteiger partial charge in [0.05, 0.1) is 5.41 Å². The molecule has 1 aliphatic carbocycles. The number of hydrogen-bond donors (Lipinski definition) is 1. The summed E-state index contributed by atoms with van der Waals surface area (Å²) >= 11 is 0. The highest BCUT2D eigenvalue weighted by molar-refractivity contribution is 5.94. The molecule has 5 rings (SSSR count). The average Bonchev–Trinajstić information content (AvgIpc) is 2.96. The Morgan fingerprint density at radius 2 is 1.18 bits per heavy atom.